The Balaban J connectivity index is 2.01. The molecular formula is C17H25N3. The van der Waals surface area contributed by atoms with E-state index >= 15 is 0 Å². The van der Waals surface area contributed by atoms with Gasteiger partial charge in [0.05, 0.1) is 0 Å². The molecule has 3 heteroatoms. The van der Waals surface area contributed by atoms with E-state index in [0.29, 0.717) is 12.0 Å². The number of nitrogens with one attached hydrogen (secondary N) is 1. The molecule has 1 aromatic heterocycles. The largest absolute Gasteiger partial charge is 0.314 e. The Morgan fingerprint density at radius 1 is 1.20 bits per heavy atom. The molecule has 0 amide bonds. The molecule has 0 fully saturated rings. The quantitative estimate of drug-likeness (QED) is 0.838. The number of hydrogen-bond donors (Lipinski definition) is 1. The van der Waals surface area contributed by atoms with Crippen LogP contribution in [0.1, 0.15) is 37.4 Å². The Hall–Kier alpha value is -1.61. The highest BCUT2D eigenvalue weighted by Crippen LogP contribution is 2.22. The molecule has 2 atom stereocenters. The van der Waals surface area contributed by atoms with Crippen LogP contribution < -0.4 is 5.32 Å². The molecule has 2 rings (SSSR count). The summed E-state index contributed by atoms with van der Waals surface area (Å²) >= 11 is 0. The summed E-state index contributed by atoms with van der Waals surface area (Å²) in [5.74, 6) is 0.518. The highest BCUT2D eigenvalue weighted by Gasteiger charge is 2.18. The van der Waals surface area contributed by atoms with Crippen molar-refractivity contribution in [2.75, 3.05) is 6.54 Å². The Morgan fingerprint density at radius 2 is 1.95 bits per heavy atom. The van der Waals surface area contributed by atoms with Crippen LogP contribution in [0.25, 0.3) is 0 Å². The third kappa shape index (κ3) is 3.70. The minimum atomic E-state index is 0.498. The van der Waals surface area contributed by atoms with E-state index in [1.54, 1.807) is 0 Å². The van der Waals surface area contributed by atoms with Gasteiger partial charge in [-0.1, -0.05) is 44.2 Å². The van der Waals surface area contributed by atoms with Crippen LogP contribution in [0.4, 0.5) is 0 Å². The molecule has 0 radical (unpaired) electrons. The van der Waals surface area contributed by atoms with Crippen molar-refractivity contribution in [1.82, 2.24) is 15.1 Å². The Labute approximate surface area is 122 Å². The van der Waals surface area contributed by atoms with Gasteiger partial charge in [0.2, 0.25) is 0 Å². The average molecular weight is 271 g/mol. The SMILES string of the molecule is CCNC(CCc1ccnn1C)C(C)c1ccccc1. The number of likely N-dealkylation sites (N-methyl/N-ethyl adjacent to an activating group) is 1. The summed E-state index contributed by atoms with van der Waals surface area (Å²) < 4.78 is 1.97. The summed E-state index contributed by atoms with van der Waals surface area (Å²) in [6.07, 6.45) is 4.06. The second-order valence-corrected chi connectivity index (χ2v) is 5.35. The first-order chi connectivity index (χ1) is 9.72. The van der Waals surface area contributed by atoms with Gasteiger partial charge in [-0.15, -0.1) is 0 Å². The summed E-state index contributed by atoms with van der Waals surface area (Å²) in [7, 11) is 2.01. The van der Waals surface area contributed by atoms with Crippen molar-refractivity contribution in [3.8, 4) is 0 Å². The van der Waals surface area contributed by atoms with E-state index in [-0.39, 0.29) is 0 Å². The number of aryl methyl sites for hydroxylation is 2. The van der Waals surface area contributed by atoms with Crippen LogP contribution in [0.2, 0.25) is 0 Å². The van der Waals surface area contributed by atoms with Crippen molar-refractivity contribution in [2.24, 2.45) is 7.05 Å². The van der Waals surface area contributed by atoms with E-state index in [0.717, 1.165) is 19.4 Å². The van der Waals surface area contributed by atoms with Gasteiger partial charge in [-0.05, 0) is 36.9 Å². The molecule has 3 nitrogen and oxygen atoms in total. The lowest BCUT2D eigenvalue weighted by atomic mass is 9.90. The summed E-state index contributed by atoms with van der Waals surface area (Å²) in [4.78, 5) is 0. The first kappa shape index (κ1) is 14.8. The van der Waals surface area contributed by atoms with Gasteiger partial charge in [-0.3, -0.25) is 4.68 Å². The molecule has 2 aromatic rings. The van der Waals surface area contributed by atoms with Crippen molar-refractivity contribution >= 4 is 0 Å². The zero-order valence-electron chi connectivity index (χ0n) is 12.7. The zero-order valence-corrected chi connectivity index (χ0v) is 12.7. The van der Waals surface area contributed by atoms with Crippen molar-refractivity contribution in [3.05, 3.63) is 53.9 Å². The van der Waals surface area contributed by atoms with Crippen LogP contribution in [0.3, 0.4) is 0 Å². The van der Waals surface area contributed by atoms with Crippen LogP contribution in [-0.2, 0) is 13.5 Å². The van der Waals surface area contributed by atoms with E-state index in [1.807, 2.05) is 17.9 Å². The van der Waals surface area contributed by atoms with Gasteiger partial charge in [-0.2, -0.15) is 5.10 Å². The molecule has 1 aromatic carbocycles. The number of rotatable bonds is 7. The highest BCUT2D eigenvalue weighted by atomic mass is 15.2. The average Bonchev–Trinajstić information content (AvgIpc) is 2.89. The van der Waals surface area contributed by atoms with Gasteiger partial charge in [0.25, 0.3) is 0 Å². The third-order valence-electron chi connectivity index (χ3n) is 4.03. The summed E-state index contributed by atoms with van der Waals surface area (Å²) in [5, 5.41) is 7.87. The van der Waals surface area contributed by atoms with E-state index in [4.69, 9.17) is 0 Å². The van der Waals surface area contributed by atoms with Crippen LogP contribution in [0, 0.1) is 0 Å². The maximum absolute atomic E-state index is 4.24. The normalized spacial score (nSPS) is 14.2. The second-order valence-electron chi connectivity index (χ2n) is 5.35. The molecule has 0 bridgehead atoms. The molecule has 0 spiro atoms. The van der Waals surface area contributed by atoms with E-state index < -0.39 is 0 Å². The molecule has 1 N–H and O–H groups in total. The first-order valence-electron chi connectivity index (χ1n) is 7.47. The molecular weight excluding hydrogens is 246 g/mol. The zero-order chi connectivity index (χ0) is 14.4. The number of benzene rings is 1. The Morgan fingerprint density at radius 3 is 2.55 bits per heavy atom. The highest BCUT2D eigenvalue weighted by molar-refractivity contribution is 5.20. The maximum Gasteiger partial charge on any atom is 0.0492 e. The molecule has 20 heavy (non-hydrogen) atoms. The fraction of sp³-hybridized carbons (Fsp3) is 0.471. The van der Waals surface area contributed by atoms with Crippen molar-refractivity contribution < 1.29 is 0 Å². The second kappa shape index (κ2) is 7.25. The lowest BCUT2D eigenvalue weighted by Gasteiger charge is -2.25. The number of hydrogen-bond acceptors (Lipinski definition) is 2. The van der Waals surface area contributed by atoms with Crippen LogP contribution in [-0.4, -0.2) is 22.4 Å². The van der Waals surface area contributed by atoms with Crippen LogP contribution in [0.5, 0.6) is 0 Å². The lowest BCUT2D eigenvalue weighted by Crippen LogP contribution is -2.34. The lowest BCUT2D eigenvalue weighted by molar-refractivity contribution is 0.429. The Bertz CT molecular complexity index is 504. The molecule has 0 saturated heterocycles. The Kier molecular flexibility index (Phi) is 5.36. The molecule has 108 valence electrons. The van der Waals surface area contributed by atoms with E-state index in [1.165, 1.54) is 11.3 Å². The topological polar surface area (TPSA) is 29.9 Å². The minimum absolute atomic E-state index is 0.498. The summed E-state index contributed by atoms with van der Waals surface area (Å²) in [6.45, 7) is 5.49. The maximum atomic E-state index is 4.24. The van der Waals surface area contributed by atoms with Gasteiger partial charge >= 0.3 is 0 Å². The van der Waals surface area contributed by atoms with E-state index in [9.17, 15) is 0 Å². The molecule has 0 aliphatic carbocycles. The standard InChI is InChI=1S/C17H25N3/c1-4-18-17(11-10-16-12-13-19-20(16)3)14(2)15-8-6-5-7-9-15/h5-9,12-14,17-18H,4,10-11H2,1-3H3. The predicted octanol–water partition coefficient (Wildman–Crippen LogP) is 3.13. The van der Waals surface area contributed by atoms with Gasteiger partial charge in [0, 0.05) is 25.0 Å². The summed E-state index contributed by atoms with van der Waals surface area (Å²) in [5.41, 5.74) is 2.71. The van der Waals surface area contributed by atoms with Crippen LogP contribution in [0.15, 0.2) is 42.6 Å². The van der Waals surface area contributed by atoms with Gasteiger partial charge in [0.1, 0.15) is 0 Å². The van der Waals surface area contributed by atoms with Crippen molar-refractivity contribution in [1.29, 1.82) is 0 Å². The molecule has 0 aliphatic heterocycles. The fourth-order valence-electron chi connectivity index (χ4n) is 2.73. The van der Waals surface area contributed by atoms with E-state index in [2.05, 4.69) is 60.7 Å². The molecule has 1 heterocycles. The monoisotopic (exact) mass is 271 g/mol. The fourth-order valence-corrected chi connectivity index (χ4v) is 2.73. The van der Waals surface area contributed by atoms with Gasteiger partial charge in [0.15, 0.2) is 0 Å². The molecule has 2 unspecified atom stereocenters. The molecule has 0 aliphatic rings. The smallest absolute Gasteiger partial charge is 0.0492 e. The first-order valence-corrected chi connectivity index (χ1v) is 7.47. The third-order valence-corrected chi connectivity index (χ3v) is 4.03. The van der Waals surface area contributed by atoms with Crippen LogP contribution >= 0.6 is 0 Å². The van der Waals surface area contributed by atoms with Gasteiger partial charge < -0.3 is 5.32 Å². The molecule has 0 saturated carbocycles. The van der Waals surface area contributed by atoms with Crippen molar-refractivity contribution in [2.45, 2.75) is 38.6 Å². The van der Waals surface area contributed by atoms with Crippen molar-refractivity contribution in [3.63, 3.8) is 0 Å². The number of nitrogens with zero attached hydrogens (tertiary/aromatic N) is 2. The summed E-state index contributed by atoms with van der Waals surface area (Å²) in [6, 6.07) is 13.4. The number of aromatic nitrogens is 2. The van der Waals surface area contributed by atoms with Gasteiger partial charge in [-0.25, -0.2) is 0 Å². The minimum Gasteiger partial charge on any atom is -0.314 e. The predicted molar refractivity (Wildman–Crippen MR) is 83.9 cm³/mol.